The molecule has 0 aliphatic carbocycles. The number of aromatic nitrogens is 5. The maximum absolute atomic E-state index is 12.5. The van der Waals surface area contributed by atoms with Gasteiger partial charge in [-0.3, -0.25) is 4.79 Å². The Balaban J connectivity index is 1.49. The molecule has 3 aromatic rings. The number of hydrogen-bond donors (Lipinski definition) is 1. The number of carbonyl (C=O) groups is 1. The van der Waals surface area contributed by atoms with Crippen molar-refractivity contribution in [1.29, 1.82) is 0 Å². The van der Waals surface area contributed by atoms with Crippen LogP contribution in [0.15, 0.2) is 31.1 Å². The van der Waals surface area contributed by atoms with Crippen molar-refractivity contribution in [3.8, 4) is 0 Å². The van der Waals surface area contributed by atoms with E-state index in [-0.39, 0.29) is 11.9 Å². The molecule has 0 fully saturated rings. The van der Waals surface area contributed by atoms with Crippen molar-refractivity contribution in [2.24, 2.45) is 5.92 Å². The molecular formula is C17H20N6O. The van der Waals surface area contributed by atoms with Gasteiger partial charge < -0.3 is 14.5 Å². The van der Waals surface area contributed by atoms with E-state index in [0.717, 1.165) is 36.4 Å². The standard InChI is InChI=1S/C17H20N6O/c1-11(2)7-23-10-20-15-3-12(5-19-16(15)23)17(24)21-13-4-14-6-18-9-22(14)8-13/h3,5-6,9-11,13H,4,7-8H2,1-2H3,(H,21,24). The minimum atomic E-state index is -0.105. The zero-order valence-corrected chi connectivity index (χ0v) is 13.8. The van der Waals surface area contributed by atoms with Crippen LogP contribution in [0, 0.1) is 5.92 Å². The van der Waals surface area contributed by atoms with Crippen LogP contribution in [0.5, 0.6) is 0 Å². The number of amides is 1. The van der Waals surface area contributed by atoms with Gasteiger partial charge >= 0.3 is 0 Å². The highest BCUT2D eigenvalue weighted by atomic mass is 16.1. The molecule has 0 spiro atoms. The number of fused-ring (bicyclic) bond motifs is 2. The lowest BCUT2D eigenvalue weighted by atomic mass is 10.2. The second kappa shape index (κ2) is 5.74. The van der Waals surface area contributed by atoms with Crippen molar-refractivity contribution < 1.29 is 4.79 Å². The minimum absolute atomic E-state index is 0.102. The summed E-state index contributed by atoms with van der Waals surface area (Å²) in [4.78, 5) is 25.4. The fourth-order valence-corrected chi connectivity index (χ4v) is 3.20. The largest absolute Gasteiger partial charge is 0.347 e. The Hall–Kier alpha value is -2.70. The first-order valence-electron chi connectivity index (χ1n) is 8.21. The lowest BCUT2D eigenvalue weighted by Crippen LogP contribution is -2.36. The van der Waals surface area contributed by atoms with Crippen molar-refractivity contribution in [2.45, 2.75) is 39.4 Å². The molecule has 1 N–H and O–H groups in total. The van der Waals surface area contributed by atoms with Gasteiger partial charge in [0.05, 0.1) is 24.3 Å². The normalized spacial score (nSPS) is 16.7. The summed E-state index contributed by atoms with van der Waals surface area (Å²) in [6.07, 6.45) is 7.88. The van der Waals surface area contributed by atoms with E-state index in [1.807, 2.05) is 16.8 Å². The summed E-state index contributed by atoms with van der Waals surface area (Å²) in [5, 5.41) is 3.07. The number of hydrogen-bond acceptors (Lipinski definition) is 4. The van der Waals surface area contributed by atoms with E-state index >= 15 is 0 Å². The smallest absolute Gasteiger partial charge is 0.253 e. The topological polar surface area (TPSA) is 77.6 Å². The number of imidazole rings is 2. The summed E-state index contributed by atoms with van der Waals surface area (Å²) in [6.45, 7) is 5.94. The number of nitrogens with zero attached hydrogens (tertiary/aromatic N) is 5. The van der Waals surface area contributed by atoms with Crippen molar-refractivity contribution in [2.75, 3.05) is 0 Å². The Morgan fingerprint density at radius 3 is 3.00 bits per heavy atom. The first-order chi connectivity index (χ1) is 11.6. The van der Waals surface area contributed by atoms with Gasteiger partial charge in [0.25, 0.3) is 5.91 Å². The van der Waals surface area contributed by atoms with Gasteiger partial charge in [0.15, 0.2) is 5.65 Å². The molecule has 3 aromatic heterocycles. The molecule has 1 amide bonds. The summed E-state index contributed by atoms with van der Waals surface area (Å²) in [5.41, 5.74) is 3.28. The van der Waals surface area contributed by atoms with E-state index < -0.39 is 0 Å². The highest BCUT2D eigenvalue weighted by Gasteiger charge is 2.23. The molecule has 1 aliphatic rings. The van der Waals surface area contributed by atoms with Crippen molar-refractivity contribution >= 4 is 17.1 Å². The van der Waals surface area contributed by atoms with Crippen molar-refractivity contribution in [1.82, 2.24) is 29.4 Å². The molecular weight excluding hydrogens is 304 g/mol. The quantitative estimate of drug-likeness (QED) is 0.791. The first-order valence-corrected chi connectivity index (χ1v) is 8.21. The molecule has 1 unspecified atom stereocenters. The van der Waals surface area contributed by atoms with Gasteiger partial charge in [-0.1, -0.05) is 13.8 Å². The summed E-state index contributed by atoms with van der Waals surface area (Å²) < 4.78 is 4.10. The average Bonchev–Trinajstić information content (AvgIpc) is 3.21. The van der Waals surface area contributed by atoms with E-state index in [2.05, 4.69) is 38.7 Å². The Labute approximate surface area is 139 Å². The summed E-state index contributed by atoms with van der Waals surface area (Å²) >= 11 is 0. The average molecular weight is 324 g/mol. The van der Waals surface area contributed by atoms with E-state index in [4.69, 9.17) is 0 Å². The van der Waals surface area contributed by atoms with Gasteiger partial charge in [-0.15, -0.1) is 0 Å². The lowest BCUT2D eigenvalue weighted by Gasteiger charge is -2.12. The van der Waals surface area contributed by atoms with Crippen LogP contribution in [0.3, 0.4) is 0 Å². The molecule has 7 heteroatoms. The molecule has 7 nitrogen and oxygen atoms in total. The van der Waals surface area contributed by atoms with Crippen LogP contribution in [0.4, 0.5) is 0 Å². The second-order valence-corrected chi connectivity index (χ2v) is 6.77. The zero-order valence-electron chi connectivity index (χ0n) is 13.8. The molecule has 0 saturated heterocycles. The minimum Gasteiger partial charge on any atom is -0.347 e. The van der Waals surface area contributed by atoms with Gasteiger partial charge in [-0.05, 0) is 12.0 Å². The van der Waals surface area contributed by atoms with Crippen LogP contribution in [-0.2, 0) is 19.5 Å². The third kappa shape index (κ3) is 2.66. The Morgan fingerprint density at radius 1 is 1.33 bits per heavy atom. The van der Waals surface area contributed by atoms with E-state index in [1.54, 1.807) is 18.9 Å². The van der Waals surface area contributed by atoms with Gasteiger partial charge in [-0.25, -0.2) is 15.0 Å². The fraction of sp³-hybridized carbons (Fsp3) is 0.412. The van der Waals surface area contributed by atoms with Crippen LogP contribution in [0.2, 0.25) is 0 Å². The van der Waals surface area contributed by atoms with Crippen LogP contribution in [0.25, 0.3) is 11.2 Å². The highest BCUT2D eigenvalue weighted by Crippen LogP contribution is 2.16. The zero-order chi connectivity index (χ0) is 16.7. The summed E-state index contributed by atoms with van der Waals surface area (Å²) in [5.74, 6) is 0.411. The molecule has 4 rings (SSSR count). The SMILES string of the molecule is CC(C)Cn1cnc2cc(C(=O)NC3Cc4cncn4C3)cnc21. The monoisotopic (exact) mass is 324 g/mol. The molecule has 0 aromatic carbocycles. The fourth-order valence-electron chi connectivity index (χ4n) is 3.20. The van der Waals surface area contributed by atoms with Gasteiger partial charge in [0.2, 0.25) is 0 Å². The van der Waals surface area contributed by atoms with E-state index in [0.29, 0.717) is 11.5 Å². The molecule has 1 aliphatic heterocycles. The van der Waals surface area contributed by atoms with Crippen LogP contribution in [-0.4, -0.2) is 36.0 Å². The van der Waals surface area contributed by atoms with Crippen molar-refractivity contribution in [3.63, 3.8) is 0 Å². The number of carbonyl (C=O) groups excluding carboxylic acids is 1. The highest BCUT2D eigenvalue weighted by molar-refractivity contribution is 5.96. The van der Waals surface area contributed by atoms with Gasteiger partial charge in [-0.2, -0.15) is 0 Å². The van der Waals surface area contributed by atoms with E-state index in [1.165, 1.54) is 0 Å². The summed E-state index contributed by atoms with van der Waals surface area (Å²) in [7, 11) is 0. The Morgan fingerprint density at radius 2 is 2.21 bits per heavy atom. The molecule has 124 valence electrons. The van der Waals surface area contributed by atoms with Gasteiger partial charge in [0, 0.05) is 37.6 Å². The lowest BCUT2D eigenvalue weighted by molar-refractivity contribution is 0.0936. The third-order valence-corrected chi connectivity index (χ3v) is 4.29. The number of nitrogens with one attached hydrogen (secondary N) is 1. The number of pyridine rings is 1. The summed E-state index contributed by atoms with van der Waals surface area (Å²) in [6, 6.07) is 1.91. The Kier molecular flexibility index (Phi) is 3.55. The third-order valence-electron chi connectivity index (χ3n) is 4.29. The van der Waals surface area contributed by atoms with Crippen LogP contribution >= 0.6 is 0 Å². The predicted molar refractivity (Wildman–Crippen MR) is 89.6 cm³/mol. The van der Waals surface area contributed by atoms with Gasteiger partial charge in [0.1, 0.15) is 5.52 Å². The molecule has 24 heavy (non-hydrogen) atoms. The molecule has 0 saturated carbocycles. The first kappa shape index (κ1) is 14.9. The van der Waals surface area contributed by atoms with E-state index in [9.17, 15) is 4.79 Å². The van der Waals surface area contributed by atoms with Crippen LogP contribution in [0.1, 0.15) is 29.9 Å². The molecule has 1 atom stereocenters. The maximum Gasteiger partial charge on any atom is 0.253 e. The second-order valence-electron chi connectivity index (χ2n) is 6.77. The Bertz CT molecular complexity index is 873. The number of rotatable bonds is 4. The van der Waals surface area contributed by atoms with Crippen molar-refractivity contribution in [3.05, 3.63) is 42.4 Å². The maximum atomic E-state index is 12.5. The van der Waals surface area contributed by atoms with Crippen LogP contribution < -0.4 is 5.32 Å². The molecule has 0 bridgehead atoms. The molecule has 4 heterocycles. The predicted octanol–water partition coefficient (Wildman–Crippen LogP) is 1.64. The molecule has 0 radical (unpaired) electrons.